The number of fused-ring (bicyclic) bond motifs is 1. The number of para-hydroxylation sites is 3. The molecule has 2 aromatic rings. The van der Waals surface area contributed by atoms with Gasteiger partial charge in [0.1, 0.15) is 6.61 Å². The largest absolute Gasteiger partial charge is 0.485 e. The van der Waals surface area contributed by atoms with Gasteiger partial charge in [-0.1, -0.05) is 24.3 Å². The first kappa shape index (κ1) is 15.5. The van der Waals surface area contributed by atoms with Gasteiger partial charge in [0.05, 0.1) is 16.7 Å². The second-order valence-electron chi connectivity index (χ2n) is 4.91. The minimum absolute atomic E-state index is 0.0594. The monoisotopic (exact) mass is 327 g/mol. The average molecular weight is 327 g/mol. The van der Waals surface area contributed by atoms with Crippen molar-refractivity contribution < 1.29 is 19.2 Å². The van der Waals surface area contributed by atoms with Crippen LogP contribution >= 0.6 is 0 Å². The van der Waals surface area contributed by atoms with Crippen molar-refractivity contribution in [3.63, 3.8) is 0 Å². The van der Waals surface area contributed by atoms with Crippen LogP contribution in [0.15, 0.2) is 53.6 Å². The Morgan fingerprint density at radius 2 is 1.92 bits per heavy atom. The molecule has 1 aliphatic rings. The first-order valence-corrected chi connectivity index (χ1v) is 7.10. The summed E-state index contributed by atoms with van der Waals surface area (Å²) in [4.78, 5) is 22.4. The predicted octanol–water partition coefficient (Wildman–Crippen LogP) is 1.88. The van der Waals surface area contributed by atoms with Crippen LogP contribution in [0.1, 0.15) is 5.56 Å². The summed E-state index contributed by atoms with van der Waals surface area (Å²) in [6.45, 7) is 0.0594. The predicted molar refractivity (Wildman–Crippen MR) is 85.2 cm³/mol. The normalized spacial score (nSPS) is 15.9. The van der Waals surface area contributed by atoms with E-state index in [0.717, 1.165) is 0 Å². The van der Waals surface area contributed by atoms with Crippen LogP contribution in [0.25, 0.3) is 0 Å². The molecule has 8 heteroatoms. The molecule has 0 radical (unpaired) electrons. The fraction of sp³-hybridized carbons (Fsp3) is 0.125. The Morgan fingerprint density at radius 3 is 2.71 bits per heavy atom. The molecule has 1 N–H and O–H groups in total. The van der Waals surface area contributed by atoms with E-state index < -0.39 is 16.9 Å². The van der Waals surface area contributed by atoms with Crippen molar-refractivity contribution in [3.05, 3.63) is 64.2 Å². The Kier molecular flexibility index (Phi) is 4.37. The van der Waals surface area contributed by atoms with Crippen LogP contribution in [0.3, 0.4) is 0 Å². The fourth-order valence-corrected chi connectivity index (χ4v) is 2.15. The molecule has 1 atom stereocenters. The summed E-state index contributed by atoms with van der Waals surface area (Å²) in [5, 5.41) is 14.7. The molecule has 0 bridgehead atoms. The van der Waals surface area contributed by atoms with E-state index in [1.807, 2.05) is 0 Å². The lowest BCUT2D eigenvalue weighted by atomic mass is 10.2. The number of rotatable bonds is 4. The molecular formula is C16H13N3O5. The van der Waals surface area contributed by atoms with E-state index in [1.54, 1.807) is 36.4 Å². The van der Waals surface area contributed by atoms with Crippen molar-refractivity contribution in [1.29, 1.82) is 0 Å². The Hall–Kier alpha value is -3.42. The molecular weight excluding hydrogens is 314 g/mol. The molecule has 3 rings (SSSR count). The van der Waals surface area contributed by atoms with Gasteiger partial charge in [-0.2, -0.15) is 5.10 Å². The maximum Gasteiger partial charge on any atom is 0.284 e. The molecule has 0 fully saturated rings. The van der Waals surface area contributed by atoms with Crippen molar-refractivity contribution in [1.82, 2.24) is 5.43 Å². The second kappa shape index (κ2) is 6.78. The highest BCUT2D eigenvalue weighted by Gasteiger charge is 2.27. The number of benzene rings is 2. The molecule has 0 aliphatic carbocycles. The van der Waals surface area contributed by atoms with E-state index in [-0.39, 0.29) is 17.9 Å². The van der Waals surface area contributed by atoms with Crippen molar-refractivity contribution in [2.75, 3.05) is 6.61 Å². The summed E-state index contributed by atoms with van der Waals surface area (Å²) >= 11 is 0. The highest BCUT2D eigenvalue weighted by Crippen LogP contribution is 2.30. The number of nitrogens with zero attached hydrogens (tertiary/aromatic N) is 2. The lowest BCUT2D eigenvalue weighted by Gasteiger charge is -2.24. The van der Waals surface area contributed by atoms with Crippen LogP contribution in [0.5, 0.6) is 11.5 Å². The minimum atomic E-state index is -0.845. The molecule has 24 heavy (non-hydrogen) atoms. The first-order chi connectivity index (χ1) is 11.6. The summed E-state index contributed by atoms with van der Waals surface area (Å²) in [6, 6.07) is 13.1. The van der Waals surface area contributed by atoms with Crippen LogP contribution in [-0.2, 0) is 4.79 Å². The molecule has 8 nitrogen and oxygen atoms in total. The zero-order valence-electron chi connectivity index (χ0n) is 12.4. The Bertz CT molecular complexity index is 806. The van der Waals surface area contributed by atoms with Crippen molar-refractivity contribution >= 4 is 17.8 Å². The molecule has 0 unspecified atom stereocenters. The fourth-order valence-electron chi connectivity index (χ4n) is 2.15. The topological polar surface area (TPSA) is 103 Å². The van der Waals surface area contributed by atoms with E-state index in [2.05, 4.69) is 10.5 Å². The van der Waals surface area contributed by atoms with Gasteiger partial charge in [0, 0.05) is 6.07 Å². The van der Waals surface area contributed by atoms with Gasteiger partial charge in [0.25, 0.3) is 11.6 Å². The van der Waals surface area contributed by atoms with Gasteiger partial charge in [0.15, 0.2) is 11.5 Å². The van der Waals surface area contributed by atoms with E-state index in [9.17, 15) is 14.9 Å². The zero-order valence-corrected chi connectivity index (χ0v) is 12.4. The van der Waals surface area contributed by atoms with E-state index in [1.165, 1.54) is 18.3 Å². The molecule has 0 aromatic heterocycles. The lowest BCUT2D eigenvalue weighted by molar-refractivity contribution is -0.385. The molecule has 0 spiro atoms. The number of ether oxygens (including phenoxy) is 2. The molecule has 1 aliphatic heterocycles. The number of hydrogen-bond donors (Lipinski definition) is 1. The highest BCUT2D eigenvalue weighted by molar-refractivity contribution is 5.87. The van der Waals surface area contributed by atoms with Crippen LogP contribution < -0.4 is 14.9 Å². The summed E-state index contributed by atoms with van der Waals surface area (Å²) in [7, 11) is 0. The number of carbonyl (C=O) groups is 1. The highest BCUT2D eigenvalue weighted by atomic mass is 16.6. The van der Waals surface area contributed by atoms with Crippen molar-refractivity contribution in [2.24, 2.45) is 5.10 Å². The maximum atomic E-state index is 12.1. The maximum absolute atomic E-state index is 12.1. The summed E-state index contributed by atoms with van der Waals surface area (Å²) in [5.74, 6) is 0.552. The van der Waals surface area contributed by atoms with Gasteiger partial charge in [-0.05, 0) is 18.2 Å². The third-order valence-electron chi connectivity index (χ3n) is 3.31. The number of carbonyl (C=O) groups excluding carboxylic acids is 1. The average Bonchev–Trinajstić information content (AvgIpc) is 2.61. The van der Waals surface area contributed by atoms with Gasteiger partial charge in [-0.3, -0.25) is 14.9 Å². The number of amides is 1. The number of hydrazone groups is 1. The third kappa shape index (κ3) is 3.32. The third-order valence-corrected chi connectivity index (χ3v) is 3.31. The van der Waals surface area contributed by atoms with E-state index in [4.69, 9.17) is 9.47 Å². The van der Waals surface area contributed by atoms with Gasteiger partial charge in [0.2, 0.25) is 6.10 Å². The molecule has 0 saturated heterocycles. The van der Waals surface area contributed by atoms with Gasteiger partial charge >= 0.3 is 0 Å². The SMILES string of the molecule is O=C(N/N=C\c1ccccc1[N+](=O)[O-])[C@@H]1COc2ccccc2O1. The lowest BCUT2D eigenvalue weighted by Crippen LogP contribution is -2.42. The molecule has 1 heterocycles. The number of nitro groups is 1. The number of hydrogen-bond acceptors (Lipinski definition) is 6. The van der Waals surface area contributed by atoms with Crippen LogP contribution in [0.2, 0.25) is 0 Å². The molecule has 1 amide bonds. The summed E-state index contributed by atoms with van der Waals surface area (Å²) in [5.41, 5.74) is 2.49. The zero-order chi connectivity index (χ0) is 16.9. The van der Waals surface area contributed by atoms with Gasteiger partial charge in [-0.15, -0.1) is 0 Å². The van der Waals surface area contributed by atoms with Crippen LogP contribution in [-0.4, -0.2) is 29.8 Å². The Morgan fingerprint density at radius 1 is 1.21 bits per heavy atom. The quantitative estimate of drug-likeness (QED) is 0.525. The summed E-state index contributed by atoms with van der Waals surface area (Å²) < 4.78 is 11.0. The first-order valence-electron chi connectivity index (χ1n) is 7.10. The summed E-state index contributed by atoms with van der Waals surface area (Å²) in [6.07, 6.45) is 0.371. The molecule has 2 aromatic carbocycles. The smallest absolute Gasteiger partial charge is 0.284 e. The number of nitrogens with one attached hydrogen (secondary N) is 1. The van der Waals surface area contributed by atoms with E-state index in [0.29, 0.717) is 11.5 Å². The standard InChI is InChI=1S/C16H13N3O5/c20-16(15-10-23-13-7-3-4-8-14(13)24-15)18-17-9-11-5-1-2-6-12(11)19(21)22/h1-9,15H,10H2,(H,18,20)/b17-9-/t15-/m0/s1. The van der Waals surface area contributed by atoms with Crippen LogP contribution in [0, 0.1) is 10.1 Å². The molecule has 0 saturated carbocycles. The van der Waals surface area contributed by atoms with Gasteiger partial charge in [-0.25, -0.2) is 5.43 Å². The second-order valence-corrected chi connectivity index (χ2v) is 4.91. The minimum Gasteiger partial charge on any atom is -0.485 e. The Balaban J connectivity index is 1.63. The van der Waals surface area contributed by atoms with E-state index >= 15 is 0 Å². The number of nitro benzene ring substituents is 1. The van der Waals surface area contributed by atoms with Crippen molar-refractivity contribution in [2.45, 2.75) is 6.10 Å². The molecule has 122 valence electrons. The van der Waals surface area contributed by atoms with Gasteiger partial charge < -0.3 is 9.47 Å². The Labute approximate surface area is 136 Å². The van der Waals surface area contributed by atoms with Crippen LogP contribution in [0.4, 0.5) is 5.69 Å². The van der Waals surface area contributed by atoms with Crippen molar-refractivity contribution in [3.8, 4) is 11.5 Å².